The predicted octanol–water partition coefficient (Wildman–Crippen LogP) is 3.25. The van der Waals surface area contributed by atoms with E-state index in [4.69, 9.17) is 0 Å². The highest BCUT2D eigenvalue weighted by atomic mass is 32.2. The standard InChI is InChI=1S/C26H37N3O5S/c1-4-5-6-9-21-18-22(30)24(20-10-7-8-19(2)17-20)25(32)26(21)35(33,34)27-23(31)11-12-29-15-13-28(3)14-16-29/h7-8,10,17-18,30,32H,4-6,9,11-16H2,1-3H3,(H,27,31). The van der Waals surface area contributed by atoms with Gasteiger partial charge in [-0.15, -0.1) is 0 Å². The van der Waals surface area contributed by atoms with E-state index in [0.29, 0.717) is 30.5 Å². The van der Waals surface area contributed by atoms with Gasteiger partial charge >= 0.3 is 0 Å². The van der Waals surface area contributed by atoms with Gasteiger partial charge in [0, 0.05) is 39.1 Å². The Hall–Kier alpha value is -2.62. The van der Waals surface area contributed by atoms with Crippen molar-refractivity contribution in [1.82, 2.24) is 14.5 Å². The first-order valence-corrected chi connectivity index (χ1v) is 13.7. The number of carbonyl (C=O) groups is 1. The molecule has 0 unspecified atom stereocenters. The third kappa shape index (κ3) is 6.96. The van der Waals surface area contributed by atoms with Crippen LogP contribution in [0.1, 0.15) is 43.7 Å². The fourth-order valence-corrected chi connectivity index (χ4v) is 5.78. The van der Waals surface area contributed by atoms with Crippen molar-refractivity contribution in [2.75, 3.05) is 39.8 Å². The molecule has 0 aromatic heterocycles. The molecule has 1 aliphatic rings. The van der Waals surface area contributed by atoms with Crippen molar-refractivity contribution in [3.8, 4) is 22.6 Å². The largest absolute Gasteiger partial charge is 0.507 e. The topological polar surface area (TPSA) is 110 Å². The van der Waals surface area contributed by atoms with E-state index in [1.54, 1.807) is 18.2 Å². The second-order valence-corrected chi connectivity index (χ2v) is 11.0. The van der Waals surface area contributed by atoms with Gasteiger partial charge in [-0.2, -0.15) is 0 Å². The third-order valence-corrected chi connectivity index (χ3v) is 7.92. The summed E-state index contributed by atoms with van der Waals surface area (Å²) in [6.07, 6.45) is 2.90. The summed E-state index contributed by atoms with van der Waals surface area (Å²) >= 11 is 0. The number of sulfonamides is 1. The Balaban J connectivity index is 1.90. The van der Waals surface area contributed by atoms with E-state index in [0.717, 1.165) is 44.6 Å². The molecular weight excluding hydrogens is 466 g/mol. The monoisotopic (exact) mass is 503 g/mol. The number of carbonyl (C=O) groups excluding carboxylic acids is 1. The lowest BCUT2D eigenvalue weighted by atomic mass is 9.97. The first-order chi connectivity index (χ1) is 16.6. The van der Waals surface area contributed by atoms with Crippen LogP contribution in [0.3, 0.4) is 0 Å². The van der Waals surface area contributed by atoms with Crippen LogP contribution in [-0.4, -0.2) is 74.1 Å². The molecule has 8 nitrogen and oxygen atoms in total. The van der Waals surface area contributed by atoms with Crippen LogP contribution in [0.25, 0.3) is 11.1 Å². The Morgan fingerprint density at radius 1 is 1.09 bits per heavy atom. The summed E-state index contributed by atoms with van der Waals surface area (Å²) in [4.78, 5) is 16.6. The number of amides is 1. The van der Waals surface area contributed by atoms with Crippen LogP contribution in [0.2, 0.25) is 0 Å². The lowest BCUT2D eigenvalue weighted by Crippen LogP contribution is -2.45. The van der Waals surface area contributed by atoms with Crippen molar-refractivity contribution >= 4 is 15.9 Å². The van der Waals surface area contributed by atoms with Gasteiger partial charge in [-0.1, -0.05) is 49.6 Å². The number of piperazine rings is 1. The third-order valence-electron chi connectivity index (χ3n) is 6.43. The molecule has 0 radical (unpaired) electrons. The van der Waals surface area contributed by atoms with E-state index in [2.05, 4.69) is 14.5 Å². The maximum Gasteiger partial charge on any atom is 0.268 e. The van der Waals surface area contributed by atoms with E-state index in [1.807, 2.05) is 27.0 Å². The van der Waals surface area contributed by atoms with E-state index in [-0.39, 0.29) is 22.6 Å². The van der Waals surface area contributed by atoms with Crippen molar-refractivity contribution in [1.29, 1.82) is 0 Å². The number of benzene rings is 2. The zero-order valence-corrected chi connectivity index (χ0v) is 21.7. The van der Waals surface area contributed by atoms with Crippen LogP contribution >= 0.6 is 0 Å². The minimum absolute atomic E-state index is 0.0394. The first-order valence-electron chi connectivity index (χ1n) is 12.2. The van der Waals surface area contributed by atoms with Crippen molar-refractivity contribution in [3.63, 3.8) is 0 Å². The van der Waals surface area contributed by atoms with Crippen molar-refractivity contribution in [3.05, 3.63) is 41.5 Å². The Bertz CT molecular complexity index is 1140. The number of likely N-dealkylation sites (N-methyl/N-ethyl adjacent to an activating group) is 1. The minimum atomic E-state index is -4.36. The molecule has 0 spiro atoms. The van der Waals surface area contributed by atoms with Crippen molar-refractivity contribution in [2.24, 2.45) is 0 Å². The Morgan fingerprint density at radius 3 is 2.46 bits per heavy atom. The van der Waals surface area contributed by atoms with Gasteiger partial charge in [0.1, 0.15) is 16.4 Å². The molecule has 3 N–H and O–H groups in total. The summed E-state index contributed by atoms with van der Waals surface area (Å²) in [5.41, 5.74) is 1.73. The van der Waals surface area contributed by atoms with Gasteiger partial charge in [0.25, 0.3) is 10.0 Å². The van der Waals surface area contributed by atoms with Crippen LogP contribution in [0.4, 0.5) is 0 Å². The molecule has 2 aromatic carbocycles. The lowest BCUT2D eigenvalue weighted by Gasteiger charge is -2.32. The maximum absolute atomic E-state index is 13.4. The van der Waals surface area contributed by atoms with Gasteiger partial charge in [0.05, 0.1) is 5.56 Å². The molecule has 0 aliphatic carbocycles. The molecule has 192 valence electrons. The van der Waals surface area contributed by atoms with E-state index in [9.17, 15) is 23.4 Å². The fraction of sp³-hybridized carbons (Fsp3) is 0.500. The number of phenols is 2. The number of hydrogen-bond donors (Lipinski definition) is 3. The number of aryl methyl sites for hydroxylation is 2. The summed E-state index contributed by atoms with van der Waals surface area (Å²) in [7, 11) is -2.32. The van der Waals surface area contributed by atoms with E-state index >= 15 is 0 Å². The highest BCUT2D eigenvalue weighted by Crippen LogP contribution is 2.44. The molecule has 0 atom stereocenters. The number of hydrogen-bond acceptors (Lipinski definition) is 7. The molecule has 1 saturated heterocycles. The lowest BCUT2D eigenvalue weighted by molar-refractivity contribution is -0.119. The van der Waals surface area contributed by atoms with Crippen LogP contribution in [0.15, 0.2) is 35.2 Å². The summed E-state index contributed by atoms with van der Waals surface area (Å²) in [5, 5.41) is 21.9. The van der Waals surface area contributed by atoms with Crippen molar-refractivity contribution < 1.29 is 23.4 Å². The molecule has 1 fully saturated rings. The smallest absolute Gasteiger partial charge is 0.268 e. The van der Waals surface area contributed by atoms with Gasteiger partial charge in [-0.05, 0) is 44.0 Å². The van der Waals surface area contributed by atoms with E-state index in [1.165, 1.54) is 6.07 Å². The average Bonchev–Trinajstić information content (AvgIpc) is 2.78. The Labute approximate surface area is 208 Å². The Morgan fingerprint density at radius 2 is 1.80 bits per heavy atom. The molecule has 2 aromatic rings. The highest BCUT2D eigenvalue weighted by molar-refractivity contribution is 7.90. The molecule has 9 heteroatoms. The van der Waals surface area contributed by atoms with Crippen molar-refractivity contribution in [2.45, 2.75) is 50.8 Å². The van der Waals surface area contributed by atoms with Crippen LogP contribution in [0, 0.1) is 6.92 Å². The summed E-state index contributed by atoms with van der Waals surface area (Å²) in [6, 6.07) is 8.50. The normalized spacial score (nSPS) is 15.3. The predicted molar refractivity (Wildman–Crippen MR) is 137 cm³/mol. The highest BCUT2D eigenvalue weighted by Gasteiger charge is 2.29. The zero-order chi connectivity index (χ0) is 25.6. The quantitative estimate of drug-likeness (QED) is 0.427. The van der Waals surface area contributed by atoms with Crippen LogP contribution in [-0.2, 0) is 21.2 Å². The number of nitrogens with one attached hydrogen (secondary N) is 1. The number of aromatic hydroxyl groups is 2. The first kappa shape index (κ1) is 27.0. The minimum Gasteiger partial charge on any atom is -0.507 e. The zero-order valence-electron chi connectivity index (χ0n) is 20.9. The molecule has 0 saturated carbocycles. The van der Waals surface area contributed by atoms with E-state index < -0.39 is 21.7 Å². The molecule has 1 heterocycles. The number of rotatable bonds is 10. The summed E-state index contributed by atoms with van der Waals surface area (Å²) in [6.45, 7) is 7.85. The van der Waals surface area contributed by atoms with Gasteiger partial charge in [0.2, 0.25) is 5.91 Å². The molecule has 3 rings (SSSR count). The van der Waals surface area contributed by atoms with Gasteiger partial charge < -0.3 is 20.0 Å². The number of nitrogens with zero attached hydrogens (tertiary/aromatic N) is 2. The number of phenolic OH excluding ortho intramolecular Hbond substituents is 2. The molecule has 1 aliphatic heterocycles. The molecular formula is C26H37N3O5S. The molecule has 1 amide bonds. The van der Waals surface area contributed by atoms with Gasteiger partial charge in [0.15, 0.2) is 0 Å². The van der Waals surface area contributed by atoms with Gasteiger partial charge in [-0.25, -0.2) is 13.1 Å². The summed E-state index contributed by atoms with van der Waals surface area (Å²) < 4.78 is 28.9. The SMILES string of the molecule is CCCCCc1cc(O)c(-c2cccc(C)c2)c(O)c1S(=O)(=O)NC(=O)CCN1CCN(C)CC1. The second-order valence-electron chi connectivity index (χ2n) is 9.36. The fourth-order valence-electron chi connectivity index (χ4n) is 4.41. The van der Waals surface area contributed by atoms with Crippen LogP contribution < -0.4 is 4.72 Å². The number of unbranched alkanes of at least 4 members (excludes halogenated alkanes) is 2. The maximum atomic E-state index is 13.4. The average molecular weight is 504 g/mol. The summed E-state index contributed by atoms with van der Waals surface area (Å²) in [5.74, 6) is -1.35. The second kappa shape index (κ2) is 11.9. The molecule has 35 heavy (non-hydrogen) atoms. The van der Waals surface area contributed by atoms with Gasteiger partial charge in [-0.3, -0.25) is 4.79 Å². The Kier molecular flexibility index (Phi) is 9.15. The molecule has 0 bridgehead atoms. The van der Waals surface area contributed by atoms with Crippen LogP contribution in [0.5, 0.6) is 11.5 Å².